The molecule has 0 fully saturated rings. The summed E-state index contributed by atoms with van der Waals surface area (Å²) in [5.41, 5.74) is 1.10. The smallest absolute Gasteiger partial charge is 0.150 e. The van der Waals surface area contributed by atoms with Crippen LogP contribution in [0.4, 0.5) is 0 Å². The molecule has 0 unspecified atom stereocenters. The Labute approximate surface area is 125 Å². The fraction of sp³-hybridized carbons (Fsp3) is 0.294. The second kappa shape index (κ2) is 6.29. The van der Waals surface area contributed by atoms with E-state index in [1.807, 2.05) is 48.5 Å². The van der Waals surface area contributed by atoms with Crippen LogP contribution in [0.15, 0.2) is 48.5 Å². The number of nitrogens with one attached hydrogen (secondary N) is 1. The molecule has 0 saturated carbocycles. The van der Waals surface area contributed by atoms with Crippen molar-refractivity contribution in [3.8, 4) is 11.5 Å². The van der Waals surface area contributed by atoms with E-state index in [0.717, 1.165) is 17.1 Å². The first kappa shape index (κ1) is 14.9. The van der Waals surface area contributed by atoms with Crippen LogP contribution in [-0.2, 0) is 6.54 Å². The highest BCUT2D eigenvalue weighted by Gasteiger charge is 2.13. The highest BCUT2D eigenvalue weighted by Crippen LogP contribution is 2.33. The van der Waals surface area contributed by atoms with Crippen LogP contribution in [0.5, 0.6) is 11.5 Å². The van der Waals surface area contributed by atoms with Crippen LogP contribution in [0, 0.1) is 0 Å². The van der Waals surface area contributed by atoms with E-state index in [4.69, 9.17) is 16.3 Å². The zero-order valence-electron chi connectivity index (χ0n) is 12.1. The minimum atomic E-state index is 0.0480. The second-order valence-corrected chi connectivity index (χ2v) is 6.15. The third-order valence-corrected chi connectivity index (χ3v) is 3.12. The lowest BCUT2D eigenvalue weighted by molar-refractivity contribution is 0.414. The van der Waals surface area contributed by atoms with Crippen LogP contribution in [-0.4, -0.2) is 5.54 Å². The lowest BCUT2D eigenvalue weighted by Gasteiger charge is -2.22. The molecule has 20 heavy (non-hydrogen) atoms. The lowest BCUT2D eigenvalue weighted by atomic mass is 10.1. The minimum absolute atomic E-state index is 0.0480. The molecule has 2 rings (SSSR count). The van der Waals surface area contributed by atoms with Crippen molar-refractivity contribution in [2.45, 2.75) is 32.9 Å². The van der Waals surface area contributed by atoms with Crippen molar-refractivity contribution in [3.63, 3.8) is 0 Å². The Kier molecular flexibility index (Phi) is 4.69. The SMILES string of the molecule is CC(C)(C)NCc1cccc(Cl)c1Oc1ccccc1. The second-order valence-electron chi connectivity index (χ2n) is 5.75. The first-order valence-electron chi connectivity index (χ1n) is 6.71. The van der Waals surface area contributed by atoms with Crippen molar-refractivity contribution in [3.05, 3.63) is 59.1 Å². The third kappa shape index (κ3) is 4.26. The van der Waals surface area contributed by atoms with E-state index in [1.54, 1.807) is 0 Å². The van der Waals surface area contributed by atoms with Gasteiger partial charge in [-0.25, -0.2) is 0 Å². The number of hydrogen-bond acceptors (Lipinski definition) is 2. The normalized spacial score (nSPS) is 11.4. The molecule has 0 heterocycles. The standard InChI is InChI=1S/C17H20ClNO/c1-17(2,3)19-12-13-8-7-11-15(18)16(13)20-14-9-5-4-6-10-14/h4-11,19H,12H2,1-3H3. The van der Waals surface area contributed by atoms with Gasteiger partial charge in [0.2, 0.25) is 0 Å². The molecular formula is C17H20ClNO. The molecule has 106 valence electrons. The first-order valence-corrected chi connectivity index (χ1v) is 7.09. The molecule has 0 saturated heterocycles. The Morgan fingerprint density at radius 2 is 1.70 bits per heavy atom. The van der Waals surface area contributed by atoms with Gasteiger partial charge in [-0.15, -0.1) is 0 Å². The van der Waals surface area contributed by atoms with Gasteiger partial charge < -0.3 is 10.1 Å². The Morgan fingerprint density at radius 1 is 1.00 bits per heavy atom. The van der Waals surface area contributed by atoms with Crippen LogP contribution in [0.1, 0.15) is 26.3 Å². The highest BCUT2D eigenvalue weighted by atomic mass is 35.5. The van der Waals surface area contributed by atoms with Crippen LogP contribution < -0.4 is 10.1 Å². The lowest BCUT2D eigenvalue weighted by Crippen LogP contribution is -2.35. The van der Waals surface area contributed by atoms with Crippen molar-refractivity contribution in [2.24, 2.45) is 0 Å². The summed E-state index contributed by atoms with van der Waals surface area (Å²) in [6.45, 7) is 7.12. The number of benzene rings is 2. The quantitative estimate of drug-likeness (QED) is 0.853. The summed E-state index contributed by atoms with van der Waals surface area (Å²) >= 11 is 6.28. The molecule has 3 heteroatoms. The molecule has 0 aromatic heterocycles. The number of ether oxygens (including phenoxy) is 1. The average molecular weight is 290 g/mol. The Balaban J connectivity index is 2.22. The van der Waals surface area contributed by atoms with Gasteiger partial charge in [-0.2, -0.15) is 0 Å². The van der Waals surface area contributed by atoms with Gasteiger partial charge >= 0.3 is 0 Å². The molecule has 0 amide bonds. The van der Waals surface area contributed by atoms with Crippen molar-refractivity contribution >= 4 is 11.6 Å². The van der Waals surface area contributed by atoms with Crippen LogP contribution in [0.3, 0.4) is 0 Å². The van der Waals surface area contributed by atoms with Crippen molar-refractivity contribution in [1.29, 1.82) is 0 Å². The van der Waals surface area contributed by atoms with E-state index in [1.165, 1.54) is 0 Å². The molecule has 0 spiro atoms. The van der Waals surface area contributed by atoms with Crippen molar-refractivity contribution < 1.29 is 4.74 Å². The van der Waals surface area contributed by atoms with E-state index >= 15 is 0 Å². The first-order chi connectivity index (χ1) is 9.46. The molecule has 0 bridgehead atoms. The van der Waals surface area contributed by atoms with Gasteiger partial charge in [0, 0.05) is 17.6 Å². The maximum absolute atomic E-state index is 6.28. The molecule has 0 aliphatic heterocycles. The van der Waals surface area contributed by atoms with Gasteiger partial charge in [0.05, 0.1) is 5.02 Å². The van der Waals surface area contributed by atoms with Gasteiger partial charge in [-0.3, -0.25) is 0 Å². The number of para-hydroxylation sites is 2. The zero-order valence-corrected chi connectivity index (χ0v) is 12.9. The minimum Gasteiger partial charge on any atom is -0.455 e. The Hall–Kier alpha value is -1.51. The summed E-state index contributed by atoms with van der Waals surface area (Å²) in [6.07, 6.45) is 0. The molecule has 2 aromatic carbocycles. The third-order valence-electron chi connectivity index (χ3n) is 2.82. The topological polar surface area (TPSA) is 21.3 Å². The Morgan fingerprint density at radius 3 is 2.35 bits per heavy atom. The molecule has 0 aliphatic rings. The number of halogens is 1. The van der Waals surface area contributed by atoms with Gasteiger partial charge in [-0.05, 0) is 39.0 Å². The van der Waals surface area contributed by atoms with E-state index < -0.39 is 0 Å². The van der Waals surface area contributed by atoms with Gasteiger partial charge in [-0.1, -0.05) is 41.9 Å². The summed E-state index contributed by atoms with van der Waals surface area (Å²) in [5, 5.41) is 4.08. The predicted octanol–water partition coefficient (Wildman–Crippen LogP) is 5.02. The van der Waals surface area contributed by atoms with E-state index in [9.17, 15) is 0 Å². The molecule has 2 aromatic rings. The van der Waals surface area contributed by atoms with Gasteiger partial charge in [0.15, 0.2) is 0 Å². The number of hydrogen-bond donors (Lipinski definition) is 1. The summed E-state index contributed by atoms with van der Waals surface area (Å²) in [6, 6.07) is 15.5. The van der Waals surface area contributed by atoms with Gasteiger partial charge in [0.1, 0.15) is 11.5 Å². The van der Waals surface area contributed by atoms with E-state index in [0.29, 0.717) is 11.6 Å². The van der Waals surface area contributed by atoms with Crippen LogP contribution in [0.25, 0.3) is 0 Å². The van der Waals surface area contributed by atoms with Crippen molar-refractivity contribution in [2.75, 3.05) is 0 Å². The van der Waals surface area contributed by atoms with Gasteiger partial charge in [0.25, 0.3) is 0 Å². The molecule has 0 atom stereocenters. The fourth-order valence-electron chi connectivity index (χ4n) is 1.77. The predicted molar refractivity (Wildman–Crippen MR) is 84.6 cm³/mol. The van der Waals surface area contributed by atoms with E-state index in [-0.39, 0.29) is 5.54 Å². The van der Waals surface area contributed by atoms with Crippen molar-refractivity contribution in [1.82, 2.24) is 5.32 Å². The molecule has 0 aliphatic carbocycles. The maximum Gasteiger partial charge on any atom is 0.150 e. The molecule has 0 radical (unpaired) electrons. The van der Waals surface area contributed by atoms with Crippen LogP contribution >= 0.6 is 11.6 Å². The van der Waals surface area contributed by atoms with Crippen LogP contribution in [0.2, 0.25) is 5.02 Å². The summed E-state index contributed by atoms with van der Waals surface area (Å²) in [5.74, 6) is 1.51. The molecular weight excluding hydrogens is 270 g/mol. The number of rotatable bonds is 4. The van der Waals surface area contributed by atoms with E-state index in [2.05, 4.69) is 26.1 Å². The summed E-state index contributed by atoms with van der Waals surface area (Å²) in [4.78, 5) is 0. The largest absolute Gasteiger partial charge is 0.455 e. The summed E-state index contributed by atoms with van der Waals surface area (Å²) in [7, 11) is 0. The fourth-order valence-corrected chi connectivity index (χ4v) is 2.01. The zero-order chi connectivity index (χ0) is 14.6. The maximum atomic E-state index is 6.28. The highest BCUT2D eigenvalue weighted by molar-refractivity contribution is 6.32. The Bertz CT molecular complexity index is 561. The summed E-state index contributed by atoms with van der Waals surface area (Å²) < 4.78 is 5.93. The monoisotopic (exact) mass is 289 g/mol. The average Bonchev–Trinajstić information content (AvgIpc) is 2.40. The molecule has 2 nitrogen and oxygen atoms in total. The molecule has 1 N–H and O–H groups in total.